The highest BCUT2D eigenvalue weighted by Crippen LogP contribution is 2.13. The van der Waals surface area contributed by atoms with E-state index >= 15 is 0 Å². The van der Waals surface area contributed by atoms with Gasteiger partial charge in [-0.25, -0.2) is 4.98 Å². The molecule has 2 aromatic carbocycles. The number of aromatic nitrogens is 2. The van der Waals surface area contributed by atoms with Crippen LogP contribution in [-0.4, -0.2) is 16.8 Å². The Hall–Kier alpha value is -2.31. The summed E-state index contributed by atoms with van der Waals surface area (Å²) in [6.45, 7) is 0.876. The van der Waals surface area contributed by atoms with E-state index in [0.29, 0.717) is 0 Å². The van der Waals surface area contributed by atoms with Crippen LogP contribution in [0.25, 0.3) is 11.0 Å². The maximum absolute atomic E-state index is 9.75. The molecule has 0 atom stereocenters. The largest absolute Gasteiger partial charge is 0.673 e. The van der Waals surface area contributed by atoms with Crippen molar-refractivity contribution in [2.24, 2.45) is 0 Å². The standard InChI is InChI=1S/C14H12N2.BF4/c1-2-6-12(7-3-1)10-16-11-15-13-8-4-5-9-14(13)16;2-1(3,4)5/h1-9,11H,10H2;/q;-1. The number of hydrogen-bond acceptors (Lipinski definition) is 1. The zero-order valence-electron chi connectivity index (χ0n) is 11.0. The van der Waals surface area contributed by atoms with Gasteiger partial charge >= 0.3 is 7.25 Å². The van der Waals surface area contributed by atoms with Gasteiger partial charge in [-0.2, -0.15) is 0 Å². The van der Waals surface area contributed by atoms with E-state index in [1.807, 2.05) is 30.6 Å². The van der Waals surface area contributed by atoms with Gasteiger partial charge in [-0.05, 0) is 17.7 Å². The van der Waals surface area contributed by atoms with E-state index in [1.54, 1.807) is 0 Å². The lowest BCUT2D eigenvalue weighted by Gasteiger charge is -2.03. The molecule has 7 heteroatoms. The number of para-hydroxylation sites is 2. The minimum absolute atomic E-state index is 0.876. The van der Waals surface area contributed by atoms with Crippen molar-refractivity contribution in [3.05, 3.63) is 66.5 Å². The van der Waals surface area contributed by atoms with Crippen molar-refractivity contribution in [1.29, 1.82) is 0 Å². The van der Waals surface area contributed by atoms with Gasteiger partial charge in [-0.3, -0.25) is 0 Å². The van der Waals surface area contributed by atoms with Crippen molar-refractivity contribution in [2.45, 2.75) is 6.54 Å². The molecule has 0 saturated heterocycles. The lowest BCUT2D eigenvalue weighted by molar-refractivity contribution is 0.368. The molecule has 0 aliphatic heterocycles. The van der Waals surface area contributed by atoms with Gasteiger partial charge in [0, 0.05) is 6.54 Å². The Morgan fingerprint density at radius 2 is 1.43 bits per heavy atom. The van der Waals surface area contributed by atoms with Gasteiger partial charge in [-0.1, -0.05) is 42.5 Å². The summed E-state index contributed by atoms with van der Waals surface area (Å²) >= 11 is 0. The summed E-state index contributed by atoms with van der Waals surface area (Å²) < 4.78 is 41.2. The fourth-order valence-electron chi connectivity index (χ4n) is 1.92. The molecule has 0 aliphatic rings. The van der Waals surface area contributed by atoms with Crippen molar-refractivity contribution in [3.63, 3.8) is 0 Å². The van der Waals surface area contributed by atoms with E-state index in [1.165, 1.54) is 11.1 Å². The first kappa shape index (κ1) is 15.1. The van der Waals surface area contributed by atoms with E-state index in [9.17, 15) is 17.3 Å². The Labute approximate surface area is 119 Å². The van der Waals surface area contributed by atoms with Crippen LogP contribution in [-0.2, 0) is 6.54 Å². The molecule has 0 bridgehead atoms. The molecule has 3 aromatic rings. The van der Waals surface area contributed by atoms with E-state index in [4.69, 9.17) is 0 Å². The maximum Gasteiger partial charge on any atom is 0.673 e. The Balaban J connectivity index is 0.000000282. The molecule has 0 saturated carbocycles. The van der Waals surface area contributed by atoms with E-state index in [0.717, 1.165) is 12.1 Å². The maximum atomic E-state index is 9.75. The van der Waals surface area contributed by atoms with Gasteiger partial charge in [0.15, 0.2) is 0 Å². The summed E-state index contributed by atoms with van der Waals surface area (Å²) in [5.41, 5.74) is 3.54. The monoisotopic (exact) mass is 295 g/mol. The Morgan fingerprint density at radius 1 is 0.857 bits per heavy atom. The summed E-state index contributed by atoms with van der Waals surface area (Å²) in [7, 11) is -6.00. The smallest absolute Gasteiger partial charge is 0.418 e. The summed E-state index contributed by atoms with van der Waals surface area (Å²) in [6, 6.07) is 18.6. The van der Waals surface area contributed by atoms with Gasteiger partial charge in [0.25, 0.3) is 0 Å². The SMILES string of the molecule is F[B-](F)(F)F.c1ccc(Cn2cnc3ccccc32)cc1. The average molecular weight is 295 g/mol. The molecule has 0 amide bonds. The van der Waals surface area contributed by atoms with Gasteiger partial charge in [-0.15, -0.1) is 0 Å². The lowest BCUT2D eigenvalue weighted by Crippen LogP contribution is -2.02. The fraction of sp³-hybridized carbons (Fsp3) is 0.0714. The van der Waals surface area contributed by atoms with Crippen LogP contribution in [0.4, 0.5) is 17.3 Å². The minimum atomic E-state index is -6.00. The second-order valence-electron chi connectivity index (χ2n) is 4.34. The van der Waals surface area contributed by atoms with Crippen molar-refractivity contribution in [3.8, 4) is 0 Å². The third-order valence-electron chi connectivity index (χ3n) is 2.72. The molecule has 0 unspecified atom stereocenters. The van der Waals surface area contributed by atoms with Gasteiger partial charge in [0.2, 0.25) is 0 Å². The van der Waals surface area contributed by atoms with Crippen LogP contribution in [0.15, 0.2) is 60.9 Å². The molecule has 110 valence electrons. The van der Waals surface area contributed by atoms with Crippen LogP contribution in [0.3, 0.4) is 0 Å². The number of imidazole rings is 1. The summed E-state index contributed by atoms with van der Waals surface area (Å²) in [5, 5.41) is 0. The topological polar surface area (TPSA) is 17.8 Å². The van der Waals surface area contributed by atoms with Crippen LogP contribution in [0.5, 0.6) is 0 Å². The second-order valence-corrected chi connectivity index (χ2v) is 4.34. The van der Waals surface area contributed by atoms with Crippen molar-refractivity contribution in [1.82, 2.24) is 9.55 Å². The molecule has 1 aromatic heterocycles. The van der Waals surface area contributed by atoms with E-state index in [-0.39, 0.29) is 0 Å². The van der Waals surface area contributed by atoms with Crippen LogP contribution in [0.2, 0.25) is 0 Å². The highest BCUT2D eigenvalue weighted by Gasteiger charge is 2.20. The molecule has 0 N–H and O–H groups in total. The summed E-state index contributed by atoms with van der Waals surface area (Å²) in [6.07, 6.45) is 1.90. The molecule has 0 spiro atoms. The quantitative estimate of drug-likeness (QED) is 0.506. The Kier molecular flexibility index (Phi) is 4.62. The van der Waals surface area contributed by atoms with Crippen molar-refractivity contribution >= 4 is 18.3 Å². The number of halogens is 4. The van der Waals surface area contributed by atoms with E-state index in [2.05, 4.69) is 39.9 Å². The molecule has 0 fully saturated rings. The van der Waals surface area contributed by atoms with Gasteiger partial charge in [0.05, 0.1) is 17.4 Å². The second kappa shape index (κ2) is 6.43. The van der Waals surface area contributed by atoms with Crippen LogP contribution < -0.4 is 0 Å². The number of rotatable bonds is 2. The number of nitrogens with zero attached hydrogens (tertiary/aromatic N) is 2. The van der Waals surface area contributed by atoms with Crippen LogP contribution >= 0.6 is 0 Å². The first-order valence-electron chi connectivity index (χ1n) is 6.24. The lowest BCUT2D eigenvalue weighted by atomic mass is 10.2. The summed E-state index contributed by atoms with van der Waals surface area (Å²) in [5.74, 6) is 0. The number of fused-ring (bicyclic) bond motifs is 1. The molecular formula is C14H12BF4N2-. The highest BCUT2D eigenvalue weighted by molar-refractivity contribution is 6.50. The van der Waals surface area contributed by atoms with Crippen LogP contribution in [0.1, 0.15) is 5.56 Å². The highest BCUT2D eigenvalue weighted by atomic mass is 19.5. The third kappa shape index (κ3) is 4.94. The fourth-order valence-corrected chi connectivity index (χ4v) is 1.92. The Morgan fingerprint density at radius 3 is 2.10 bits per heavy atom. The Bertz CT molecular complexity index is 689. The summed E-state index contributed by atoms with van der Waals surface area (Å²) in [4.78, 5) is 4.38. The molecule has 0 radical (unpaired) electrons. The first-order chi connectivity index (χ1) is 9.93. The van der Waals surface area contributed by atoms with Crippen molar-refractivity contribution < 1.29 is 17.3 Å². The zero-order chi connectivity index (χ0) is 15.3. The molecule has 0 aliphatic carbocycles. The van der Waals surface area contributed by atoms with Crippen molar-refractivity contribution in [2.75, 3.05) is 0 Å². The third-order valence-corrected chi connectivity index (χ3v) is 2.72. The number of hydrogen-bond donors (Lipinski definition) is 0. The molecule has 3 rings (SSSR count). The van der Waals surface area contributed by atoms with Gasteiger partial charge in [0.1, 0.15) is 0 Å². The molecule has 21 heavy (non-hydrogen) atoms. The molecule has 1 heterocycles. The predicted octanol–water partition coefficient (Wildman–Crippen LogP) is 4.38. The average Bonchev–Trinajstić information content (AvgIpc) is 2.82. The van der Waals surface area contributed by atoms with Gasteiger partial charge < -0.3 is 21.8 Å². The van der Waals surface area contributed by atoms with Crippen LogP contribution in [0, 0.1) is 0 Å². The predicted molar refractivity (Wildman–Crippen MR) is 75.5 cm³/mol. The molecule has 2 nitrogen and oxygen atoms in total. The zero-order valence-corrected chi connectivity index (χ0v) is 11.0. The minimum Gasteiger partial charge on any atom is -0.418 e. The molecular weight excluding hydrogens is 283 g/mol. The van der Waals surface area contributed by atoms with E-state index < -0.39 is 7.25 Å². The first-order valence-corrected chi connectivity index (χ1v) is 6.24. The normalized spacial score (nSPS) is 11.0. The number of benzene rings is 2.